The lowest BCUT2D eigenvalue weighted by atomic mass is 9.93. The fourth-order valence-corrected chi connectivity index (χ4v) is 3.49. The van der Waals surface area contributed by atoms with Gasteiger partial charge in [-0.1, -0.05) is 30.8 Å². The Bertz CT molecular complexity index is 624. The van der Waals surface area contributed by atoms with Gasteiger partial charge in [-0.25, -0.2) is 0 Å². The molecule has 0 aromatic heterocycles. The molecule has 1 fully saturated rings. The second-order valence-corrected chi connectivity index (χ2v) is 6.06. The summed E-state index contributed by atoms with van der Waals surface area (Å²) in [6.07, 6.45) is 3.43. The van der Waals surface area contributed by atoms with Crippen molar-refractivity contribution in [1.29, 1.82) is 0 Å². The van der Waals surface area contributed by atoms with Crippen molar-refractivity contribution >= 4 is 11.8 Å². The summed E-state index contributed by atoms with van der Waals surface area (Å²) in [6.45, 7) is 5.49. The van der Waals surface area contributed by atoms with Crippen molar-refractivity contribution in [3.05, 3.63) is 48.0 Å². The topological polar surface area (TPSA) is 58.6 Å². The highest BCUT2D eigenvalue weighted by atomic mass is 16.5. The van der Waals surface area contributed by atoms with Gasteiger partial charge in [0.1, 0.15) is 5.60 Å². The van der Waals surface area contributed by atoms with Crippen molar-refractivity contribution in [2.45, 2.75) is 24.9 Å². The number of nitrogens with one attached hydrogen (secondary N) is 1. The molecule has 5 nitrogen and oxygen atoms in total. The van der Waals surface area contributed by atoms with E-state index >= 15 is 0 Å². The Balaban J connectivity index is 1.64. The average Bonchev–Trinajstić information content (AvgIpc) is 2.93. The van der Waals surface area contributed by atoms with Gasteiger partial charge in [-0.2, -0.15) is 0 Å². The summed E-state index contributed by atoms with van der Waals surface area (Å²) in [5, 5.41) is 2.64. The van der Waals surface area contributed by atoms with Crippen LogP contribution in [0.3, 0.4) is 0 Å². The largest absolute Gasteiger partial charge is 0.367 e. The van der Waals surface area contributed by atoms with E-state index in [0.29, 0.717) is 32.7 Å². The van der Waals surface area contributed by atoms with Crippen LogP contribution in [0.1, 0.15) is 24.0 Å². The first kappa shape index (κ1) is 15.7. The highest BCUT2D eigenvalue weighted by Crippen LogP contribution is 2.42. The van der Waals surface area contributed by atoms with Gasteiger partial charge in [0, 0.05) is 19.5 Å². The van der Waals surface area contributed by atoms with Gasteiger partial charge in [0.15, 0.2) is 0 Å². The third kappa shape index (κ3) is 3.15. The highest BCUT2D eigenvalue weighted by Gasteiger charge is 2.44. The molecule has 5 heteroatoms. The summed E-state index contributed by atoms with van der Waals surface area (Å²) in [6, 6.07) is 8.33. The Morgan fingerprint density at radius 2 is 2.22 bits per heavy atom. The quantitative estimate of drug-likeness (QED) is 0.854. The van der Waals surface area contributed by atoms with Gasteiger partial charge in [0.05, 0.1) is 13.2 Å². The molecule has 1 aliphatic heterocycles. The van der Waals surface area contributed by atoms with Gasteiger partial charge in [-0.15, -0.1) is 0 Å². The van der Waals surface area contributed by atoms with Crippen LogP contribution >= 0.6 is 0 Å². The van der Waals surface area contributed by atoms with E-state index in [9.17, 15) is 9.59 Å². The maximum Gasteiger partial charge on any atom is 0.243 e. The second kappa shape index (κ2) is 6.54. The molecule has 1 unspecified atom stereocenters. The monoisotopic (exact) mass is 314 g/mol. The van der Waals surface area contributed by atoms with Crippen LogP contribution in [0.5, 0.6) is 0 Å². The summed E-state index contributed by atoms with van der Waals surface area (Å²) in [4.78, 5) is 25.4. The molecule has 1 aromatic rings. The Morgan fingerprint density at radius 1 is 1.39 bits per heavy atom. The zero-order valence-electron chi connectivity index (χ0n) is 13.2. The lowest BCUT2D eigenvalue weighted by Gasteiger charge is -2.41. The number of ether oxygens (including phenoxy) is 1. The summed E-state index contributed by atoms with van der Waals surface area (Å²) >= 11 is 0. The van der Waals surface area contributed by atoms with E-state index in [0.717, 1.165) is 12.8 Å². The smallest absolute Gasteiger partial charge is 0.243 e. The molecule has 0 saturated carbocycles. The molecule has 1 atom stereocenters. The number of hydrogen-bond donors (Lipinski definition) is 1. The van der Waals surface area contributed by atoms with Crippen LogP contribution in [0, 0.1) is 0 Å². The van der Waals surface area contributed by atoms with Gasteiger partial charge in [-0.05, 0) is 30.0 Å². The van der Waals surface area contributed by atoms with E-state index in [1.165, 1.54) is 17.2 Å². The Labute approximate surface area is 136 Å². The fraction of sp³-hybridized carbons (Fsp3) is 0.444. The molecule has 2 aliphatic rings. The van der Waals surface area contributed by atoms with E-state index in [1.807, 2.05) is 17.0 Å². The number of aryl methyl sites for hydroxylation is 1. The van der Waals surface area contributed by atoms with Gasteiger partial charge in [0.2, 0.25) is 11.8 Å². The zero-order valence-corrected chi connectivity index (χ0v) is 13.2. The maximum atomic E-state index is 12.4. The predicted molar refractivity (Wildman–Crippen MR) is 86.8 cm³/mol. The predicted octanol–water partition coefficient (Wildman–Crippen LogP) is 1.38. The van der Waals surface area contributed by atoms with Crippen LogP contribution in [-0.2, 0) is 26.3 Å². The number of fused-ring (bicyclic) bond motifs is 2. The second-order valence-electron chi connectivity index (χ2n) is 6.06. The van der Waals surface area contributed by atoms with E-state index in [-0.39, 0.29) is 17.4 Å². The van der Waals surface area contributed by atoms with Crippen molar-refractivity contribution in [2.24, 2.45) is 0 Å². The van der Waals surface area contributed by atoms with Crippen LogP contribution in [0.2, 0.25) is 0 Å². The SMILES string of the molecule is C=CC(=O)NCCC(=O)N1CCOC2(CCc3ccccc32)C1. The minimum absolute atomic E-state index is 0.0569. The molecule has 23 heavy (non-hydrogen) atoms. The molecule has 3 rings (SSSR count). The maximum absolute atomic E-state index is 12.4. The van der Waals surface area contributed by atoms with Crippen LogP contribution < -0.4 is 5.32 Å². The number of rotatable bonds is 4. The molecule has 1 N–H and O–H groups in total. The molecule has 2 amide bonds. The normalized spacial score (nSPS) is 22.7. The van der Waals surface area contributed by atoms with E-state index in [4.69, 9.17) is 4.74 Å². The number of amides is 2. The summed E-state index contributed by atoms with van der Waals surface area (Å²) in [5.41, 5.74) is 2.19. The number of carbonyl (C=O) groups excluding carboxylic acids is 2. The number of hydrogen-bond acceptors (Lipinski definition) is 3. The highest BCUT2D eigenvalue weighted by molar-refractivity contribution is 5.87. The standard InChI is InChI=1S/C18H22N2O3/c1-2-16(21)19-10-8-17(22)20-11-12-23-18(13-20)9-7-14-5-3-4-6-15(14)18/h2-6H,1,7-13H2,(H,19,21). The van der Waals surface area contributed by atoms with Gasteiger partial charge in [-0.3, -0.25) is 9.59 Å². The average molecular weight is 314 g/mol. The van der Waals surface area contributed by atoms with E-state index in [2.05, 4.69) is 24.0 Å². The van der Waals surface area contributed by atoms with E-state index in [1.54, 1.807) is 0 Å². The zero-order chi connectivity index (χ0) is 16.3. The first-order valence-corrected chi connectivity index (χ1v) is 8.05. The lowest BCUT2D eigenvalue weighted by Crippen LogP contribution is -2.51. The molecular weight excluding hydrogens is 292 g/mol. The Morgan fingerprint density at radius 3 is 3.04 bits per heavy atom. The lowest BCUT2D eigenvalue weighted by molar-refractivity contribution is -0.152. The molecule has 0 radical (unpaired) electrons. The molecule has 1 spiro atoms. The number of morpholine rings is 1. The minimum atomic E-state index is -0.352. The van der Waals surface area contributed by atoms with Crippen LogP contribution in [0.15, 0.2) is 36.9 Å². The summed E-state index contributed by atoms with van der Waals surface area (Å²) in [5.74, 6) is -0.192. The minimum Gasteiger partial charge on any atom is -0.367 e. The fourth-order valence-electron chi connectivity index (χ4n) is 3.49. The van der Waals surface area contributed by atoms with Gasteiger partial charge < -0.3 is 15.0 Å². The third-order valence-electron chi connectivity index (χ3n) is 4.67. The third-order valence-corrected chi connectivity index (χ3v) is 4.67. The molecule has 122 valence electrons. The van der Waals surface area contributed by atoms with Crippen molar-refractivity contribution in [3.63, 3.8) is 0 Å². The Kier molecular flexibility index (Phi) is 4.48. The molecule has 1 aliphatic carbocycles. The van der Waals surface area contributed by atoms with Crippen LogP contribution in [0.4, 0.5) is 0 Å². The molecule has 1 heterocycles. The van der Waals surface area contributed by atoms with Crippen LogP contribution in [-0.4, -0.2) is 43.0 Å². The first-order chi connectivity index (χ1) is 11.1. The van der Waals surface area contributed by atoms with Crippen molar-refractivity contribution in [2.75, 3.05) is 26.2 Å². The van der Waals surface area contributed by atoms with Gasteiger partial charge in [0.25, 0.3) is 0 Å². The van der Waals surface area contributed by atoms with Crippen molar-refractivity contribution < 1.29 is 14.3 Å². The summed E-state index contributed by atoms with van der Waals surface area (Å²) in [7, 11) is 0. The van der Waals surface area contributed by atoms with Crippen LogP contribution in [0.25, 0.3) is 0 Å². The van der Waals surface area contributed by atoms with Gasteiger partial charge >= 0.3 is 0 Å². The molecule has 1 aromatic carbocycles. The number of nitrogens with zero attached hydrogens (tertiary/aromatic N) is 1. The number of benzene rings is 1. The van der Waals surface area contributed by atoms with Crippen molar-refractivity contribution in [1.82, 2.24) is 10.2 Å². The first-order valence-electron chi connectivity index (χ1n) is 8.05. The number of carbonyl (C=O) groups is 2. The van der Waals surface area contributed by atoms with Crippen molar-refractivity contribution in [3.8, 4) is 0 Å². The molecule has 0 bridgehead atoms. The molecular formula is C18H22N2O3. The summed E-state index contributed by atoms with van der Waals surface area (Å²) < 4.78 is 6.12. The Hall–Kier alpha value is -2.14. The van der Waals surface area contributed by atoms with E-state index < -0.39 is 0 Å². The molecule has 1 saturated heterocycles.